The van der Waals surface area contributed by atoms with Crippen molar-refractivity contribution < 1.29 is 8.42 Å². The Labute approximate surface area is 98.3 Å². The van der Waals surface area contributed by atoms with Crippen molar-refractivity contribution in [2.24, 2.45) is 0 Å². The fraction of sp³-hybridized carbons (Fsp3) is 0.667. The predicted octanol–water partition coefficient (Wildman–Crippen LogP) is 0.572. The first kappa shape index (κ1) is 10.5. The van der Waals surface area contributed by atoms with Crippen LogP contribution in [0.4, 0.5) is 5.82 Å². The second kappa shape index (κ2) is 3.40. The van der Waals surface area contributed by atoms with Crippen LogP contribution in [-0.2, 0) is 21.3 Å². The standard InChI is InChI=1S/C9H13N3O2S2/c10-9-7-3-15-4-8(7)11-12(9)6-1-2-16(13,14)5-6/h6H,1-5,10H2/t6-/m0/s1. The Morgan fingerprint density at radius 1 is 1.44 bits per heavy atom. The maximum absolute atomic E-state index is 11.4. The molecule has 2 aliphatic heterocycles. The third-order valence-electron chi connectivity index (χ3n) is 3.17. The molecule has 0 spiro atoms. The molecule has 1 aromatic rings. The smallest absolute Gasteiger partial charge is 0.152 e. The molecule has 16 heavy (non-hydrogen) atoms. The molecule has 1 aromatic heterocycles. The molecule has 0 aliphatic carbocycles. The molecule has 0 radical (unpaired) electrons. The molecule has 0 saturated carbocycles. The largest absolute Gasteiger partial charge is 0.384 e. The number of nitrogens with zero attached hydrogens (tertiary/aromatic N) is 2. The van der Waals surface area contributed by atoms with Crippen LogP contribution >= 0.6 is 11.8 Å². The predicted molar refractivity (Wildman–Crippen MR) is 63.9 cm³/mol. The van der Waals surface area contributed by atoms with Crippen LogP contribution in [0.2, 0.25) is 0 Å². The molecular formula is C9H13N3O2S2. The van der Waals surface area contributed by atoms with Crippen LogP contribution in [-0.4, -0.2) is 29.7 Å². The zero-order valence-corrected chi connectivity index (χ0v) is 10.4. The van der Waals surface area contributed by atoms with Gasteiger partial charge in [-0.15, -0.1) is 0 Å². The highest BCUT2D eigenvalue weighted by molar-refractivity contribution is 7.98. The zero-order valence-electron chi connectivity index (χ0n) is 8.72. The molecule has 1 atom stereocenters. The van der Waals surface area contributed by atoms with E-state index < -0.39 is 9.84 Å². The van der Waals surface area contributed by atoms with Crippen molar-refractivity contribution >= 4 is 27.4 Å². The SMILES string of the molecule is Nc1c2c(nn1[C@H]1CCS(=O)(=O)C1)CSC2. The van der Waals surface area contributed by atoms with Gasteiger partial charge in [-0.05, 0) is 6.42 Å². The highest BCUT2D eigenvalue weighted by Crippen LogP contribution is 2.36. The summed E-state index contributed by atoms with van der Waals surface area (Å²) in [7, 11) is -2.87. The normalized spacial score (nSPS) is 27.1. The van der Waals surface area contributed by atoms with Gasteiger partial charge in [0.15, 0.2) is 9.84 Å². The maximum atomic E-state index is 11.4. The Kier molecular flexibility index (Phi) is 2.22. The van der Waals surface area contributed by atoms with Crippen LogP contribution in [0.3, 0.4) is 0 Å². The van der Waals surface area contributed by atoms with E-state index in [9.17, 15) is 8.42 Å². The van der Waals surface area contributed by atoms with Crippen molar-refractivity contribution in [3.05, 3.63) is 11.3 Å². The van der Waals surface area contributed by atoms with Crippen LogP contribution in [0, 0.1) is 0 Å². The number of hydrogen-bond acceptors (Lipinski definition) is 5. The molecule has 7 heteroatoms. The molecule has 0 aromatic carbocycles. The number of thioether (sulfide) groups is 1. The maximum Gasteiger partial charge on any atom is 0.152 e. The van der Waals surface area contributed by atoms with E-state index in [2.05, 4.69) is 5.10 Å². The summed E-state index contributed by atoms with van der Waals surface area (Å²) in [5.41, 5.74) is 8.16. The molecule has 1 saturated heterocycles. The van der Waals surface area contributed by atoms with Crippen LogP contribution in [0.5, 0.6) is 0 Å². The highest BCUT2D eigenvalue weighted by atomic mass is 32.2. The van der Waals surface area contributed by atoms with Gasteiger partial charge in [0.05, 0.1) is 23.2 Å². The number of sulfone groups is 1. The van der Waals surface area contributed by atoms with E-state index in [0.717, 1.165) is 22.8 Å². The lowest BCUT2D eigenvalue weighted by Gasteiger charge is -2.11. The van der Waals surface area contributed by atoms with Crippen molar-refractivity contribution in [1.82, 2.24) is 9.78 Å². The molecule has 0 bridgehead atoms. The molecule has 3 rings (SSSR count). The average molecular weight is 259 g/mol. The second-order valence-electron chi connectivity index (χ2n) is 4.30. The topological polar surface area (TPSA) is 78.0 Å². The third-order valence-corrected chi connectivity index (χ3v) is 5.89. The van der Waals surface area contributed by atoms with Gasteiger partial charge in [-0.1, -0.05) is 0 Å². The molecule has 2 aliphatic rings. The van der Waals surface area contributed by atoms with Crippen LogP contribution < -0.4 is 5.73 Å². The lowest BCUT2D eigenvalue weighted by molar-refractivity contribution is 0.503. The lowest BCUT2D eigenvalue weighted by atomic mass is 10.2. The molecule has 3 heterocycles. The second-order valence-corrected chi connectivity index (χ2v) is 7.52. The molecule has 0 amide bonds. The van der Waals surface area contributed by atoms with Crippen molar-refractivity contribution in [3.63, 3.8) is 0 Å². The molecule has 1 fully saturated rings. The van der Waals surface area contributed by atoms with E-state index in [4.69, 9.17) is 5.73 Å². The summed E-state index contributed by atoms with van der Waals surface area (Å²) < 4.78 is 24.6. The first-order valence-corrected chi connectivity index (χ1v) is 8.18. The first-order chi connectivity index (χ1) is 7.57. The first-order valence-electron chi connectivity index (χ1n) is 5.21. The zero-order chi connectivity index (χ0) is 11.3. The summed E-state index contributed by atoms with van der Waals surface area (Å²) in [6.07, 6.45) is 0.639. The summed E-state index contributed by atoms with van der Waals surface area (Å²) in [6, 6.07) is -0.0550. The third kappa shape index (κ3) is 1.53. The van der Waals surface area contributed by atoms with Gasteiger partial charge in [-0.3, -0.25) is 0 Å². The van der Waals surface area contributed by atoms with Gasteiger partial charge in [0.2, 0.25) is 0 Å². The van der Waals surface area contributed by atoms with E-state index in [1.165, 1.54) is 0 Å². The average Bonchev–Trinajstić information content (AvgIpc) is 2.84. The fourth-order valence-corrected chi connectivity index (χ4v) is 5.04. The molecule has 2 N–H and O–H groups in total. The number of aromatic nitrogens is 2. The minimum absolute atomic E-state index is 0.0550. The summed E-state index contributed by atoms with van der Waals surface area (Å²) in [5, 5.41) is 4.44. The van der Waals surface area contributed by atoms with Crippen molar-refractivity contribution in [3.8, 4) is 0 Å². The number of anilines is 1. The van der Waals surface area contributed by atoms with Crippen LogP contribution in [0.1, 0.15) is 23.7 Å². The number of nitrogens with two attached hydrogens (primary N) is 1. The number of nitrogen functional groups attached to an aromatic ring is 1. The quantitative estimate of drug-likeness (QED) is 0.798. The van der Waals surface area contributed by atoms with Crippen molar-refractivity contribution in [2.45, 2.75) is 24.0 Å². The number of fused-ring (bicyclic) bond motifs is 1. The monoisotopic (exact) mass is 259 g/mol. The van der Waals surface area contributed by atoms with Crippen molar-refractivity contribution in [1.29, 1.82) is 0 Å². The van der Waals surface area contributed by atoms with Gasteiger partial charge in [0.1, 0.15) is 5.82 Å². The number of hydrogen-bond donors (Lipinski definition) is 1. The van der Waals surface area contributed by atoms with Gasteiger partial charge >= 0.3 is 0 Å². The van der Waals surface area contributed by atoms with E-state index in [-0.39, 0.29) is 17.5 Å². The van der Waals surface area contributed by atoms with E-state index in [1.54, 1.807) is 16.4 Å². The van der Waals surface area contributed by atoms with Crippen LogP contribution in [0.15, 0.2) is 0 Å². The minimum atomic E-state index is -2.87. The Morgan fingerprint density at radius 3 is 2.88 bits per heavy atom. The highest BCUT2D eigenvalue weighted by Gasteiger charge is 2.33. The van der Waals surface area contributed by atoms with E-state index in [1.807, 2.05) is 0 Å². The van der Waals surface area contributed by atoms with Gasteiger partial charge < -0.3 is 5.73 Å². The van der Waals surface area contributed by atoms with Gasteiger partial charge in [-0.2, -0.15) is 16.9 Å². The lowest BCUT2D eigenvalue weighted by Crippen LogP contribution is -2.15. The summed E-state index contributed by atoms with van der Waals surface area (Å²) in [4.78, 5) is 0. The summed E-state index contributed by atoms with van der Waals surface area (Å²) >= 11 is 1.80. The number of rotatable bonds is 1. The fourth-order valence-electron chi connectivity index (χ4n) is 2.30. The van der Waals surface area contributed by atoms with Gasteiger partial charge in [0.25, 0.3) is 0 Å². The van der Waals surface area contributed by atoms with Gasteiger partial charge in [-0.25, -0.2) is 13.1 Å². The minimum Gasteiger partial charge on any atom is -0.384 e. The molecule has 0 unspecified atom stereocenters. The summed E-state index contributed by atoms with van der Waals surface area (Å²) in [5.74, 6) is 2.91. The van der Waals surface area contributed by atoms with E-state index in [0.29, 0.717) is 12.2 Å². The van der Waals surface area contributed by atoms with Crippen LogP contribution in [0.25, 0.3) is 0 Å². The van der Waals surface area contributed by atoms with Crippen molar-refractivity contribution in [2.75, 3.05) is 17.2 Å². The molecule has 88 valence electrons. The molecular weight excluding hydrogens is 246 g/mol. The Balaban J connectivity index is 1.97. The Bertz CT molecular complexity index is 535. The Morgan fingerprint density at radius 2 is 2.25 bits per heavy atom. The van der Waals surface area contributed by atoms with Gasteiger partial charge in [0, 0.05) is 17.1 Å². The van der Waals surface area contributed by atoms with E-state index >= 15 is 0 Å². The Hall–Kier alpha value is -0.690. The molecule has 5 nitrogen and oxygen atoms in total. The summed E-state index contributed by atoms with van der Waals surface area (Å²) in [6.45, 7) is 0.